The fourth-order valence-corrected chi connectivity index (χ4v) is 2.74. The van der Waals surface area contributed by atoms with Gasteiger partial charge in [0, 0.05) is 28.3 Å². The van der Waals surface area contributed by atoms with Crippen LogP contribution in [0, 0.1) is 0 Å². The maximum atomic E-state index is 11.8. The predicted molar refractivity (Wildman–Crippen MR) is 70.7 cm³/mol. The molecule has 2 nitrogen and oxygen atoms in total. The van der Waals surface area contributed by atoms with E-state index in [1.54, 1.807) is 0 Å². The average molecular weight is 239 g/mol. The van der Waals surface area contributed by atoms with E-state index in [1.165, 1.54) is 0 Å². The van der Waals surface area contributed by atoms with E-state index >= 15 is 0 Å². The van der Waals surface area contributed by atoms with Gasteiger partial charge < -0.3 is 5.73 Å². The summed E-state index contributed by atoms with van der Waals surface area (Å²) in [6.07, 6.45) is 2.96. The Bertz CT molecular complexity index is 313. The Balaban J connectivity index is 2.21. The highest BCUT2D eigenvalue weighted by molar-refractivity contribution is 7.84. The number of hydrogen-bond acceptors (Lipinski definition) is 2. The van der Waals surface area contributed by atoms with E-state index in [0.29, 0.717) is 5.75 Å². The molecule has 0 saturated heterocycles. The smallest absolute Gasteiger partial charge is 0.0485 e. The van der Waals surface area contributed by atoms with E-state index in [1.807, 2.05) is 30.3 Å². The standard InChI is InChI=1S/C13H21NOS/c1-2-13(14)9-6-10-16(15)11-12-7-4-3-5-8-12/h3-5,7-8,13H,2,6,9-11,14H2,1H3. The molecule has 1 aromatic carbocycles. The van der Waals surface area contributed by atoms with Gasteiger partial charge in [0.15, 0.2) is 0 Å². The Kier molecular flexibility index (Phi) is 6.34. The summed E-state index contributed by atoms with van der Waals surface area (Å²) in [5.74, 6) is 1.44. The molecule has 0 spiro atoms. The van der Waals surface area contributed by atoms with Gasteiger partial charge in [-0.1, -0.05) is 37.3 Å². The molecule has 2 atom stereocenters. The van der Waals surface area contributed by atoms with Gasteiger partial charge in [-0.2, -0.15) is 0 Å². The zero-order valence-electron chi connectivity index (χ0n) is 9.89. The van der Waals surface area contributed by atoms with Crippen LogP contribution in [-0.4, -0.2) is 16.0 Å². The molecule has 16 heavy (non-hydrogen) atoms. The summed E-state index contributed by atoms with van der Waals surface area (Å²) in [5.41, 5.74) is 6.97. The van der Waals surface area contributed by atoms with Crippen molar-refractivity contribution in [2.24, 2.45) is 5.73 Å². The molecule has 90 valence electrons. The lowest BCUT2D eigenvalue weighted by Crippen LogP contribution is -2.19. The van der Waals surface area contributed by atoms with Gasteiger partial charge in [0.1, 0.15) is 0 Å². The Morgan fingerprint density at radius 1 is 1.31 bits per heavy atom. The van der Waals surface area contributed by atoms with Gasteiger partial charge in [0.25, 0.3) is 0 Å². The lowest BCUT2D eigenvalue weighted by atomic mass is 10.1. The summed E-state index contributed by atoms with van der Waals surface area (Å²) in [5, 5.41) is 0. The lowest BCUT2D eigenvalue weighted by Gasteiger charge is -2.07. The van der Waals surface area contributed by atoms with E-state index in [9.17, 15) is 4.21 Å². The summed E-state index contributed by atoms with van der Waals surface area (Å²) < 4.78 is 11.8. The van der Waals surface area contributed by atoms with Gasteiger partial charge in [-0.15, -0.1) is 0 Å². The summed E-state index contributed by atoms with van der Waals surface area (Å²) in [7, 11) is -0.745. The average Bonchev–Trinajstić information content (AvgIpc) is 2.30. The van der Waals surface area contributed by atoms with Gasteiger partial charge in [0.05, 0.1) is 0 Å². The topological polar surface area (TPSA) is 43.1 Å². The number of benzene rings is 1. The first-order chi connectivity index (χ1) is 7.72. The second kappa shape index (κ2) is 7.58. The van der Waals surface area contributed by atoms with Crippen LogP contribution in [-0.2, 0) is 16.6 Å². The molecule has 0 aliphatic carbocycles. The number of hydrogen-bond donors (Lipinski definition) is 1. The molecule has 3 heteroatoms. The number of rotatable bonds is 7. The minimum atomic E-state index is -0.745. The fraction of sp³-hybridized carbons (Fsp3) is 0.538. The molecule has 0 amide bonds. The first-order valence-corrected chi connectivity index (χ1v) is 7.35. The molecule has 0 aliphatic heterocycles. The molecule has 1 rings (SSSR count). The number of nitrogens with two attached hydrogens (primary N) is 1. The van der Waals surface area contributed by atoms with Crippen LogP contribution in [0.3, 0.4) is 0 Å². The Morgan fingerprint density at radius 2 is 2.00 bits per heavy atom. The van der Waals surface area contributed by atoms with Crippen LogP contribution in [0.15, 0.2) is 30.3 Å². The van der Waals surface area contributed by atoms with Crippen molar-refractivity contribution in [3.8, 4) is 0 Å². The molecular formula is C13H21NOS. The molecule has 0 fully saturated rings. The largest absolute Gasteiger partial charge is 0.328 e. The molecule has 0 aliphatic rings. The van der Waals surface area contributed by atoms with Gasteiger partial charge in [-0.05, 0) is 24.8 Å². The Labute approximate surface area is 101 Å². The van der Waals surface area contributed by atoms with Crippen molar-refractivity contribution in [2.45, 2.75) is 38.0 Å². The molecule has 0 bridgehead atoms. The van der Waals surface area contributed by atoms with Gasteiger partial charge >= 0.3 is 0 Å². The van der Waals surface area contributed by atoms with E-state index in [0.717, 1.165) is 30.6 Å². The summed E-state index contributed by atoms with van der Waals surface area (Å²) >= 11 is 0. The maximum absolute atomic E-state index is 11.8. The van der Waals surface area contributed by atoms with Gasteiger partial charge in [-0.25, -0.2) is 0 Å². The summed E-state index contributed by atoms with van der Waals surface area (Å²) in [6, 6.07) is 10.3. The third-order valence-corrected chi connectivity index (χ3v) is 4.04. The molecule has 2 N–H and O–H groups in total. The SMILES string of the molecule is CCC(N)CCCS(=O)Cc1ccccc1. The van der Waals surface area contributed by atoms with Crippen LogP contribution in [0.25, 0.3) is 0 Å². The van der Waals surface area contributed by atoms with Crippen LogP contribution in [0.5, 0.6) is 0 Å². The lowest BCUT2D eigenvalue weighted by molar-refractivity contribution is 0.586. The molecule has 0 radical (unpaired) electrons. The summed E-state index contributed by atoms with van der Waals surface area (Å²) in [6.45, 7) is 2.09. The van der Waals surface area contributed by atoms with Crippen LogP contribution in [0.4, 0.5) is 0 Å². The molecule has 0 aromatic heterocycles. The first-order valence-electron chi connectivity index (χ1n) is 5.87. The minimum Gasteiger partial charge on any atom is -0.328 e. The molecule has 0 heterocycles. The van der Waals surface area contributed by atoms with Crippen molar-refractivity contribution in [1.82, 2.24) is 0 Å². The molecule has 0 saturated carbocycles. The zero-order chi connectivity index (χ0) is 11.8. The molecule has 1 aromatic rings. The normalized spacial score (nSPS) is 14.6. The highest BCUT2D eigenvalue weighted by Gasteiger charge is 2.03. The van der Waals surface area contributed by atoms with Crippen molar-refractivity contribution < 1.29 is 4.21 Å². The van der Waals surface area contributed by atoms with Crippen LogP contribution in [0.1, 0.15) is 31.7 Å². The molecular weight excluding hydrogens is 218 g/mol. The third kappa shape index (κ3) is 5.42. The highest BCUT2D eigenvalue weighted by atomic mass is 32.2. The quantitative estimate of drug-likeness (QED) is 0.794. The minimum absolute atomic E-state index is 0.272. The van der Waals surface area contributed by atoms with Crippen molar-refractivity contribution >= 4 is 10.8 Å². The van der Waals surface area contributed by atoms with Crippen LogP contribution >= 0.6 is 0 Å². The van der Waals surface area contributed by atoms with Gasteiger partial charge in [0.2, 0.25) is 0 Å². The second-order valence-electron chi connectivity index (χ2n) is 4.08. The second-order valence-corrected chi connectivity index (χ2v) is 5.66. The Hall–Kier alpha value is -0.670. The van der Waals surface area contributed by atoms with Crippen LogP contribution < -0.4 is 5.73 Å². The predicted octanol–water partition coefficient (Wildman–Crippen LogP) is 2.45. The third-order valence-electron chi connectivity index (χ3n) is 2.64. The van der Waals surface area contributed by atoms with Crippen molar-refractivity contribution in [1.29, 1.82) is 0 Å². The van der Waals surface area contributed by atoms with E-state index in [2.05, 4.69) is 6.92 Å². The van der Waals surface area contributed by atoms with Gasteiger partial charge in [-0.3, -0.25) is 4.21 Å². The van der Waals surface area contributed by atoms with Crippen molar-refractivity contribution in [3.05, 3.63) is 35.9 Å². The van der Waals surface area contributed by atoms with E-state index in [-0.39, 0.29) is 6.04 Å². The van der Waals surface area contributed by atoms with Crippen molar-refractivity contribution in [3.63, 3.8) is 0 Å². The van der Waals surface area contributed by atoms with Crippen LogP contribution in [0.2, 0.25) is 0 Å². The fourth-order valence-electron chi connectivity index (χ4n) is 1.54. The Morgan fingerprint density at radius 3 is 2.62 bits per heavy atom. The first kappa shape index (κ1) is 13.4. The van der Waals surface area contributed by atoms with E-state index in [4.69, 9.17) is 5.73 Å². The maximum Gasteiger partial charge on any atom is 0.0485 e. The zero-order valence-corrected chi connectivity index (χ0v) is 10.7. The molecule has 2 unspecified atom stereocenters. The summed E-state index contributed by atoms with van der Waals surface area (Å²) in [4.78, 5) is 0. The highest BCUT2D eigenvalue weighted by Crippen LogP contribution is 2.06. The monoisotopic (exact) mass is 239 g/mol. The van der Waals surface area contributed by atoms with E-state index < -0.39 is 10.8 Å². The van der Waals surface area contributed by atoms with Crippen molar-refractivity contribution in [2.75, 3.05) is 5.75 Å².